The minimum Gasteiger partial charge on any atom is -0.377 e. The van der Waals surface area contributed by atoms with Gasteiger partial charge in [0.25, 0.3) is 0 Å². The molecule has 0 aromatic carbocycles. The van der Waals surface area contributed by atoms with Crippen LogP contribution in [0.3, 0.4) is 0 Å². The SMILES string of the molecule is NNc1nccc(N2CCOCC2C(N)=O)n1. The lowest BCUT2D eigenvalue weighted by Gasteiger charge is -2.34. The summed E-state index contributed by atoms with van der Waals surface area (Å²) in [5, 5.41) is 0. The van der Waals surface area contributed by atoms with Crippen molar-refractivity contribution >= 4 is 17.7 Å². The molecule has 1 aliphatic rings. The van der Waals surface area contributed by atoms with E-state index >= 15 is 0 Å². The maximum absolute atomic E-state index is 11.3. The van der Waals surface area contributed by atoms with Gasteiger partial charge in [0.1, 0.15) is 11.9 Å². The van der Waals surface area contributed by atoms with Crippen LogP contribution in [-0.4, -0.2) is 41.7 Å². The molecular weight excluding hydrogens is 224 g/mol. The highest BCUT2D eigenvalue weighted by molar-refractivity contribution is 5.83. The van der Waals surface area contributed by atoms with E-state index in [2.05, 4.69) is 15.4 Å². The first kappa shape index (κ1) is 11.6. The number of rotatable bonds is 3. The highest BCUT2D eigenvalue weighted by Crippen LogP contribution is 2.17. The largest absolute Gasteiger partial charge is 0.377 e. The minimum atomic E-state index is -0.510. The molecule has 1 aromatic heterocycles. The van der Waals surface area contributed by atoms with Gasteiger partial charge in [-0.1, -0.05) is 0 Å². The Kier molecular flexibility index (Phi) is 3.35. The van der Waals surface area contributed by atoms with Crippen LogP contribution in [0, 0.1) is 0 Å². The first-order valence-corrected chi connectivity index (χ1v) is 5.15. The smallest absolute Gasteiger partial charge is 0.242 e. The predicted octanol–water partition coefficient (Wildman–Crippen LogP) is -1.55. The summed E-state index contributed by atoms with van der Waals surface area (Å²) >= 11 is 0. The lowest BCUT2D eigenvalue weighted by atomic mass is 10.2. The number of hydrazine groups is 1. The quantitative estimate of drug-likeness (QED) is 0.431. The van der Waals surface area contributed by atoms with E-state index in [1.807, 2.05) is 0 Å². The van der Waals surface area contributed by atoms with Crippen LogP contribution in [0.25, 0.3) is 0 Å². The molecule has 1 aliphatic heterocycles. The maximum Gasteiger partial charge on any atom is 0.242 e. The number of nitrogens with zero attached hydrogens (tertiary/aromatic N) is 3. The van der Waals surface area contributed by atoms with Crippen LogP contribution in [0.15, 0.2) is 12.3 Å². The molecule has 8 nitrogen and oxygen atoms in total. The van der Waals surface area contributed by atoms with E-state index in [0.717, 1.165) is 0 Å². The van der Waals surface area contributed by atoms with Crippen LogP contribution in [0.5, 0.6) is 0 Å². The van der Waals surface area contributed by atoms with E-state index in [0.29, 0.717) is 19.0 Å². The number of nitrogens with one attached hydrogen (secondary N) is 1. The second-order valence-corrected chi connectivity index (χ2v) is 3.57. The number of ether oxygens (including phenoxy) is 1. The Morgan fingerprint density at radius 1 is 1.65 bits per heavy atom. The summed E-state index contributed by atoms with van der Waals surface area (Å²) < 4.78 is 5.23. The third-order valence-electron chi connectivity index (χ3n) is 2.52. The van der Waals surface area contributed by atoms with Crippen LogP contribution in [0.1, 0.15) is 0 Å². The van der Waals surface area contributed by atoms with Crippen molar-refractivity contribution in [1.29, 1.82) is 0 Å². The monoisotopic (exact) mass is 238 g/mol. The number of primary amides is 1. The second-order valence-electron chi connectivity index (χ2n) is 3.57. The summed E-state index contributed by atoms with van der Waals surface area (Å²) in [7, 11) is 0. The first-order valence-electron chi connectivity index (χ1n) is 5.15. The van der Waals surface area contributed by atoms with Crippen LogP contribution in [0.2, 0.25) is 0 Å². The summed E-state index contributed by atoms with van der Waals surface area (Å²) in [6, 6.07) is 1.19. The van der Waals surface area contributed by atoms with E-state index in [-0.39, 0.29) is 12.6 Å². The van der Waals surface area contributed by atoms with E-state index < -0.39 is 11.9 Å². The summed E-state index contributed by atoms with van der Waals surface area (Å²) in [6.45, 7) is 1.35. The predicted molar refractivity (Wildman–Crippen MR) is 61.0 cm³/mol. The number of carbonyl (C=O) groups excluding carboxylic acids is 1. The van der Waals surface area contributed by atoms with Crippen LogP contribution in [-0.2, 0) is 9.53 Å². The standard InChI is InChI=1S/C9H14N6O2/c10-8(16)6-5-17-4-3-15(6)7-1-2-12-9(13-7)14-11/h1-2,6H,3-5,11H2,(H2,10,16)(H,12,13,14). The lowest BCUT2D eigenvalue weighted by Crippen LogP contribution is -2.53. The van der Waals surface area contributed by atoms with E-state index in [9.17, 15) is 4.79 Å². The molecule has 1 unspecified atom stereocenters. The zero-order chi connectivity index (χ0) is 12.3. The average Bonchev–Trinajstić information content (AvgIpc) is 2.39. The first-order chi connectivity index (χ1) is 8.22. The van der Waals surface area contributed by atoms with Gasteiger partial charge in [0.05, 0.1) is 13.2 Å². The van der Waals surface area contributed by atoms with Crippen molar-refractivity contribution < 1.29 is 9.53 Å². The van der Waals surface area contributed by atoms with Gasteiger partial charge in [-0.05, 0) is 6.07 Å². The van der Waals surface area contributed by atoms with Crippen molar-refractivity contribution in [2.75, 3.05) is 30.1 Å². The highest BCUT2D eigenvalue weighted by atomic mass is 16.5. The number of morpholine rings is 1. The Hall–Kier alpha value is -1.93. The number of carbonyl (C=O) groups is 1. The summed E-state index contributed by atoms with van der Waals surface area (Å²) in [5.74, 6) is 5.68. The second kappa shape index (κ2) is 4.93. The van der Waals surface area contributed by atoms with Crippen LogP contribution >= 0.6 is 0 Å². The summed E-state index contributed by atoms with van der Waals surface area (Å²) in [6.07, 6.45) is 1.56. The number of nitrogens with two attached hydrogens (primary N) is 2. The molecule has 17 heavy (non-hydrogen) atoms. The Morgan fingerprint density at radius 3 is 3.18 bits per heavy atom. The van der Waals surface area contributed by atoms with Gasteiger partial charge in [-0.15, -0.1) is 0 Å². The van der Waals surface area contributed by atoms with Crippen molar-refractivity contribution in [3.63, 3.8) is 0 Å². The van der Waals surface area contributed by atoms with Gasteiger partial charge in [0.2, 0.25) is 11.9 Å². The maximum atomic E-state index is 11.3. The number of nitrogen functional groups attached to an aromatic ring is 1. The third kappa shape index (κ3) is 2.43. The number of amides is 1. The van der Waals surface area contributed by atoms with Gasteiger partial charge in [-0.2, -0.15) is 4.98 Å². The van der Waals surface area contributed by atoms with Gasteiger partial charge in [-0.3, -0.25) is 10.2 Å². The fraction of sp³-hybridized carbons (Fsp3) is 0.444. The Balaban J connectivity index is 2.26. The summed E-state index contributed by atoms with van der Waals surface area (Å²) in [4.78, 5) is 21.2. The molecule has 1 amide bonds. The number of anilines is 2. The molecule has 1 saturated heterocycles. The van der Waals surface area contributed by atoms with Crippen molar-refractivity contribution in [3.8, 4) is 0 Å². The molecule has 0 radical (unpaired) electrons. The lowest BCUT2D eigenvalue weighted by molar-refractivity contribution is -0.121. The normalized spacial score (nSPS) is 20.1. The van der Waals surface area contributed by atoms with E-state index in [1.165, 1.54) is 0 Å². The van der Waals surface area contributed by atoms with E-state index in [1.54, 1.807) is 17.2 Å². The molecule has 8 heteroatoms. The molecule has 5 N–H and O–H groups in total. The third-order valence-corrected chi connectivity index (χ3v) is 2.52. The molecule has 1 fully saturated rings. The molecule has 0 bridgehead atoms. The number of hydrogen-bond acceptors (Lipinski definition) is 7. The topological polar surface area (TPSA) is 119 Å². The zero-order valence-corrected chi connectivity index (χ0v) is 9.17. The summed E-state index contributed by atoms with van der Waals surface area (Å²) in [5.41, 5.74) is 7.68. The van der Waals surface area contributed by atoms with Gasteiger partial charge < -0.3 is 15.4 Å². The number of aromatic nitrogens is 2. The Bertz CT molecular complexity index is 412. The van der Waals surface area contributed by atoms with Crippen LogP contribution in [0.4, 0.5) is 11.8 Å². The minimum absolute atomic E-state index is 0.269. The van der Waals surface area contributed by atoms with Gasteiger partial charge in [0.15, 0.2) is 0 Å². The van der Waals surface area contributed by atoms with Gasteiger partial charge in [-0.25, -0.2) is 10.8 Å². The average molecular weight is 238 g/mol. The molecule has 0 saturated carbocycles. The zero-order valence-electron chi connectivity index (χ0n) is 9.17. The molecule has 2 rings (SSSR count). The molecular formula is C9H14N6O2. The van der Waals surface area contributed by atoms with Gasteiger partial charge in [0, 0.05) is 12.7 Å². The van der Waals surface area contributed by atoms with Gasteiger partial charge >= 0.3 is 0 Å². The van der Waals surface area contributed by atoms with Crippen molar-refractivity contribution in [3.05, 3.63) is 12.3 Å². The fourth-order valence-electron chi connectivity index (χ4n) is 1.69. The van der Waals surface area contributed by atoms with Crippen molar-refractivity contribution in [2.45, 2.75) is 6.04 Å². The molecule has 1 atom stereocenters. The van der Waals surface area contributed by atoms with Crippen LogP contribution < -0.4 is 21.9 Å². The molecule has 0 spiro atoms. The Labute approximate surface area is 97.9 Å². The van der Waals surface area contributed by atoms with Crippen molar-refractivity contribution in [1.82, 2.24) is 9.97 Å². The van der Waals surface area contributed by atoms with Crippen molar-refractivity contribution in [2.24, 2.45) is 11.6 Å². The fourth-order valence-corrected chi connectivity index (χ4v) is 1.69. The van der Waals surface area contributed by atoms with E-state index in [4.69, 9.17) is 16.3 Å². The molecule has 92 valence electrons. The highest BCUT2D eigenvalue weighted by Gasteiger charge is 2.28. The molecule has 1 aromatic rings. The molecule has 2 heterocycles. The number of hydrogen-bond donors (Lipinski definition) is 3. The molecule has 0 aliphatic carbocycles. The Morgan fingerprint density at radius 2 is 2.47 bits per heavy atom.